The van der Waals surface area contributed by atoms with Gasteiger partial charge in [0.15, 0.2) is 5.96 Å². The number of benzene rings is 1. The number of hydrogen-bond donors (Lipinski definition) is 1. The van der Waals surface area contributed by atoms with Crippen LogP contribution in [0.3, 0.4) is 0 Å². The lowest BCUT2D eigenvalue weighted by atomic mass is 10.0. The van der Waals surface area contributed by atoms with Gasteiger partial charge in [0.1, 0.15) is 6.10 Å². The van der Waals surface area contributed by atoms with Crippen molar-refractivity contribution in [3.05, 3.63) is 35.4 Å². The van der Waals surface area contributed by atoms with Crippen molar-refractivity contribution in [1.29, 1.82) is 0 Å². The first-order chi connectivity index (χ1) is 12.6. The standard InChI is InChI=1S/C20H33N5O/c1-16-7-5-6-8-18(16)19-15-25(11-12-26-19)20(21-2)22-13-17-14-23(3)9-10-24(17)4/h5-8,17,19H,9-15H2,1-4H3,(H,21,22). The molecule has 26 heavy (non-hydrogen) atoms. The molecule has 6 heteroatoms. The first-order valence-electron chi connectivity index (χ1n) is 9.60. The number of nitrogens with zero attached hydrogens (tertiary/aromatic N) is 4. The van der Waals surface area contributed by atoms with Crippen molar-refractivity contribution in [3.63, 3.8) is 0 Å². The van der Waals surface area contributed by atoms with Crippen LogP contribution in [0.15, 0.2) is 29.3 Å². The molecule has 0 saturated carbocycles. The lowest BCUT2D eigenvalue weighted by molar-refractivity contribution is -0.00850. The van der Waals surface area contributed by atoms with Gasteiger partial charge in [-0.1, -0.05) is 24.3 Å². The number of hydrogen-bond acceptors (Lipinski definition) is 4. The zero-order chi connectivity index (χ0) is 18.5. The monoisotopic (exact) mass is 359 g/mol. The molecule has 6 nitrogen and oxygen atoms in total. The Morgan fingerprint density at radius 2 is 2.00 bits per heavy atom. The zero-order valence-corrected chi connectivity index (χ0v) is 16.6. The van der Waals surface area contributed by atoms with Crippen molar-refractivity contribution in [3.8, 4) is 0 Å². The molecule has 0 spiro atoms. The fraction of sp³-hybridized carbons (Fsp3) is 0.650. The maximum absolute atomic E-state index is 6.06. The Labute approximate surface area is 157 Å². The Morgan fingerprint density at radius 3 is 2.77 bits per heavy atom. The molecule has 1 aromatic rings. The Hall–Kier alpha value is -1.63. The summed E-state index contributed by atoms with van der Waals surface area (Å²) in [6.45, 7) is 8.87. The summed E-state index contributed by atoms with van der Waals surface area (Å²) in [5.74, 6) is 0.980. The number of ether oxygens (including phenoxy) is 1. The van der Waals surface area contributed by atoms with Crippen molar-refractivity contribution in [1.82, 2.24) is 20.0 Å². The predicted octanol–water partition coefficient (Wildman–Crippen LogP) is 1.19. The van der Waals surface area contributed by atoms with Crippen LogP contribution in [0, 0.1) is 6.92 Å². The van der Waals surface area contributed by atoms with Gasteiger partial charge in [0, 0.05) is 45.8 Å². The van der Waals surface area contributed by atoms with E-state index in [9.17, 15) is 0 Å². The maximum Gasteiger partial charge on any atom is 0.193 e. The molecular weight excluding hydrogens is 326 g/mol. The van der Waals surface area contributed by atoms with E-state index in [1.54, 1.807) is 0 Å². The van der Waals surface area contributed by atoms with Gasteiger partial charge in [0.05, 0.1) is 13.2 Å². The zero-order valence-electron chi connectivity index (χ0n) is 16.6. The Kier molecular flexibility index (Phi) is 6.51. The second-order valence-corrected chi connectivity index (χ2v) is 7.49. The fourth-order valence-corrected chi connectivity index (χ4v) is 3.84. The third-order valence-corrected chi connectivity index (χ3v) is 5.59. The highest BCUT2D eigenvalue weighted by molar-refractivity contribution is 5.80. The first-order valence-corrected chi connectivity index (χ1v) is 9.60. The number of likely N-dealkylation sites (N-methyl/N-ethyl adjacent to an activating group) is 2. The smallest absolute Gasteiger partial charge is 0.193 e. The average molecular weight is 360 g/mol. The summed E-state index contributed by atoms with van der Waals surface area (Å²) in [6.07, 6.45) is 0.104. The molecule has 2 heterocycles. The Bertz CT molecular complexity index is 620. The van der Waals surface area contributed by atoms with Gasteiger partial charge in [-0.3, -0.25) is 9.89 Å². The lowest BCUT2D eigenvalue weighted by Gasteiger charge is -2.39. The molecule has 0 radical (unpaired) electrons. The minimum absolute atomic E-state index is 0.104. The molecule has 0 aromatic heterocycles. The SMILES string of the molecule is CN=C(NCC1CN(C)CCN1C)N1CCOC(c2ccccc2C)C1. The number of morpholine rings is 1. The molecule has 2 aliphatic heterocycles. The van der Waals surface area contributed by atoms with Crippen molar-refractivity contribution in [2.24, 2.45) is 4.99 Å². The summed E-state index contributed by atoms with van der Waals surface area (Å²) in [7, 11) is 6.28. The molecule has 1 aromatic carbocycles. The molecule has 144 valence electrons. The third kappa shape index (κ3) is 4.55. The summed E-state index contributed by atoms with van der Waals surface area (Å²) < 4.78 is 6.06. The number of guanidine groups is 1. The molecule has 0 bridgehead atoms. The largest absolute Gasteiger partial charge is 0.370 e. The van der Waals surface area contributed by atoms with Crippen LogP contribution in [-0.2, 0) is 4.74 Å². The number of aryl methyl sites for hydroxylation is 1. The van der Waals surface area contributed by atoms with Crippen molar-refractivity contribution >= 4 is 5.96 Å². The van der Waals surface area contributed by atoms with Gasteiger partial charge < -0.3 is 19.9 Å². The minimum Gasteiger partial charge on any atom is -0.370 e. The number of piperazine rings is 1. The van der Waals surface area contributed by atoms with Crippen LogP contribution in [0.1, 0.15) is 17.2 Å². The van der Waals surface area contributed by atoms with Crippen LogP contribution in [-0.4, -0.2) is 93.7 Å². The minimum atomic E-state index is 0.104. The highest BCUT2D eigenvalue weighted by Crippen LogP contribution is 2.25. The number of aliphatic imine (C=N–C) groups is 1. The van der Waals surface area contributed by atoms with E-state index < -0.39 is 0 Å². The van der Waals surface area contributed by atoms with E-state index in [2.05, 4.69) is 70.3 Å². The molecule has 0 amide bonds. The summed E-state index contributed by atoms with van der Waals surface area (Å²) in [5, 5.41) is 3.60. The molecule has 2 saturated heterocycles. The van der Waals surface area contributed by atoms with E-state index in [-0.39, 0.29) is 6.10 Å². The number of nitrogens with one attached hydrogen (secondary N) is 1. The summed E-state index contributed by atoms with van der Waals surface area (Å²) in [6, 6.07) is 9.01. The summed E-state index contributed by atoms with van der Waals surface area (Å²) >= 11 is 0. The van der Waals surface area contributed by atoms with Crippen molar-refractivity contribution in [2.75, 3.05) is 67.0 Å². The van der Waals surface area contributed by atoms with E-state index in [0.29, 0.717) is 6.04 Å². The van der Waals surface area contributed by atoms with Crippen LogP contribution < -0.4 is 5.32 Å². The molecule has 2 aliphatic rings. The van der Waals surface area contributed by atoms with Crippen LogP contribution in [0.25, 0.3) is 0 Å². The molecule has 1 N–H and O–H groups in total. The normalized spacial score (nSPS) is 26.2. The van der Waals surface area contributed by atoms with Gasteiger partial charge in [-0.15, -0.1) is 0 Å². The van der Waals surface area contributed by atoms with E-state index in [0.717, 1.165) is 51.8 Å². The van der Waals surface area contributed by atoms with E-state index in [1.807, 2.05) is 7.05 Å². The summed E-state index contributed by atoms with van der Waals surface area (Å²) in [5.41, 5.74) is 2.57. The number of rotatable bonds is 3. The third-order valence-electron chi connectivity index (χ3n) is 5.59. The van der Waals surface area contributed by atoms with E-state index in [1.165, 1.54) is 11.1 Å². The quantitative estimate of drug-likeness (QED) is 0.649. The van der Waals surface area contributed by atoms with Crippen LogP contribution in [0.5, 0.6) is 0 Å². The first kappa shape index (κ1) is 19.1. The second-order valence-electron chi connectivity index (χ2n) is 7.49. The van der Waals surface area contributed by atoms with Crippen LogP contribution in [0.2, 0.25) is 0 Å². The molecule has 0 aliphatic carbocycles. The highest BCUT2D eigenvalue weighted by Gasteiger charge is 2.27. The highest BCUT2D eigenvalue weighted by atomic mass is 16.5. The average Bonchev–Trinajstić information content (AvgIpc) is 2.65. The second kappa shape index (κ2) is 8.84. The molecular formula is C20H33N5O. The van der Waals surface area contributed by atoms with E-state index in [4.69, 9.17) is 4.74 Å². The Balaban J connectivity index is 1.60. The van der Waals surface area contributed by atoms with Gasteiger partial charge >= 0.3 is 0 Å². The molecule has 2 fully saturated rings. The van der Waals surface area contributed by atoms with E-state index >= 15 is 0 Å². The molecule has 2 atom stereocenters. The fourth-order valence-electron chi connectivity index (χ4n) is 3.84. The predicted molar refractivity (Wildman–Crippen MR) is 107 cm³/mol. The van der Waals surface area contributed by atoms with Gasteiger partial charge in [-0.2, -0.15) is 0 Å². The van der Waals surface area contributed by atoms with Gasteiger partial charge in [0.25, 0.3) is 0 Å². The maximum atomic E-state index is 6.06. The van der Waals surface area contributed by atoms with Gasteiger partial charge in [0.2, 0.25) is 0 Å². The van der Waals surface area contributed by atoms with Gasteiger partial charge in [-0.25, -0.2) is 0 Å². The van der Waals surface area contributed by atoms with Crippen molar-refractivity contribution in [2.45, 2.75) is 19.1 Å². The topological polar surface area (TPSA) is 43.3 Å². The molecule has 3 rings (SSSR count). The lowest BCUT2D eigenvalue weighted by Crippen LogP contribution is -2.56. The van der Waals surface area contributed by atoms with Gasteiger partial charge in [-0.05, 0) is 32.1 Å². The summed E-state index contributed by atoms with van der Waals surface area (Å²) in [4.78, 5) is 11.7. The van der Waals surface area contributed by atoms with Crippen molar-refractivity contribution < 1.29 is 4.74 Å². The Morgan fingerprint density at radius 1 is 1.19 bits per heavy atom. The molecule has 2 unspecified atom stereocenters. The van der Waals surface area contributed by atoms with Crippen LogP contribution >= 0.6 is 0 Å². The van der Waals surface area contributed by atoms with Crippen LogP contribution in [0.4, 0.5) is 0 Å².